The fourth-order valence-electron chi connectivity index (χ4n) is 1.00. The zero-order valence-corrected chi connectivity index (χ0v) is 9.46. The molecule has 2 aromatic rings. The van der Waals surface area contributed by atoms with Crippen molar-refractivity contribution in [3.05, 3.63) is 33.0 Å². The van der Waals surface area contributed by atoms with Crippen LogP contribution in [0.4, 0.5) is 0 Å². The maximum atomic E-state index is 4.28. The minimum Gasteiger partial charge on any atom is -0.227 e. The molecule has 0 spiro atoms. The van der Waals surface area contributed by atoms with Crippen molar-refractivity contribution >= 4 is 33.9 Å². The molecule has 0 saturated heterocycles. The first kappa shape index (κ1) is 8.25. The molecule has 2 heterocycles. The zero-order chi connectivity index (χ0) is 8.55. The van der Waals surface area contributed by atoms with Crippen LogP contribution in [0.25, 0.3) is 5.00 Å². The molecule has 2 aromatic heterocycles. The molecule has 0 fully saturated rings. The molecule has 0 unspecified atom stereocenters. The van der Waals surface area contributed by atoms with E-state index in [0.29, 0.717) is 0 Å². The lowest BCUT2D eigenvalue weighted by Gasteiger charge is -1.98. The van der Waals surface area contributed by atoms with Gasteiger partial charge in [-0.15, -0.1) is 11.3 Å². The highest BCUT2D eigenvalue weighted by Gasteiger charge is 2.04. The molecule has 0 saturated carbocycles. The van der Waals surface area contributed by atoms with Crippen LogP contribution >= 0.6 is 33.9 Å². The van der Waals surface area contributed by atoms with Crippen LogP contribution in [0, 0.1) is 10.5 Å². The third-order valence-corrected chi connectivity index (χ3v) is 3.57. The summed E-state index contributed by atoms with van der Waals surface area (Å²) in [5.74, 6) is 0. The number of aromatic nitrogens is 2. The van der Waals surface area contributed by atoms with Gasteiger partial charge in [-0.3, -0.25) is 0 Å². The summed E-state index contributed by atoms with van der Waals surface area (Å²) in [4.78, 5) is 0. The first-order valence-corrected chi connectivity index (χ1v) is 5.49. The van der Waals surface area contributed by atoms with Crippen LogP contribution in [-0.4, -0.2) is 9.78 Å². The Balaban J connectivity index is 2.55. The Morgan fingerprint density at radius 2 is 2.42 bits per heavy atom. The third-order valence-electron chi connectivity index (χ3n) is 1.66. The van der Waals surface area contributed by atoms with Gasteiger partial charge in [0.05, 0.1) is 15.5 Å². The number of thiophene rings is 1. The molecule has 0 aliphatic rings. The average molecular weight is 290 g/mol. The summed E-state index contributed by atoms with van der Waals surface area (Å²) in [5.41, 5.74) is 1.21. The van der Waals surface area contributed by atoms with Gasteiger partial charge in [-0.05, 0) is 47.0 Å². The minimum atomic E-state index is 1.18. The maximum Gasteiger partial charge on any atom is 0.117 e. The summed E-state index contributed by atoms with van der Waals surface area (Å²) in [6, 6.07) is 4.11. The number of rotatable bonds is 1. The molecule has 0 amide bonds. The van der Waals surface area contributed by atoms with E-state index in [4.69, 9.17) is 0 Å². The molecule has 2 nitrogen and oxygen atoms in total. The lowest BCUT2D eigenvalue weighted by Crippen LogP contribution is -1.95. The van der Waals surface area contributed by atoms with Crippen molar-refractivity contribution < 1.29 is 0 Å². The Morgan fingerprint density at radius 3 is 2.92 bits per heavy atom. The van der Waals surface area contributed by atoms with E-state index in [0.717, 1.165) is 0 Å². The molecule has 0 bridgehead atoms. The zero-order valence-electron chi connectivity index (χ0n) is 6.49. The molecule has 0 atom stereocenters. The predicted octanol–water partition coefficient (Wildman–Crippen LogP) is 2.85. The standard InChI is InChI=1S/C8H7IN2S/c1-6-7(9)5-10-11(6)8-3-2-4-12-8/h2-5H,1H3. The van der Waals surface area contributed by atoms with Gasteiger partial charge in [0.2, 0.25) is 0 Å². The fourth-order valence-corrected chi connectivity index (χ4v) is 2.09. The molecule has 0 N–H and O–H groups in total. The molecule has 0 aliphatic carbocycles. The maximum absolute atomic E-state index is 4.28. The monoisotopic (exact) mass is 290 g/mol. The van der Waals surface area contributed by atoms with Crippen molar-refractivity contribution in [2.75, 3.05) is 0 Å². The second-order valence-electron chi connectivity index (χ2n) is 2.44. The molecule has 62 valence electrons. The predicted molar refractivity (Wildman–Crippen MR) is 58.9 cm³/mol. The SMILES string of the molecule is Cc1c(I)cnn1-c1cccs1. The normalized spacial score (nSPS) is 10.5. The van der Waals surface area contributed by atoms with Crippen LogP contribution in [0.2, 0.25) is 0 Å². The van der Waals surface area contributed by atoms with Crippen LogP contribution in [-0.2, 0) is 0 Å². The second-order valence-corrected chi connectivity index (χ2v) is 4.53. The summed E-state index contributed by atoms with van der Waals surface area (Å²) in [6.45, 7) is 2.08. The van der Waals surface area contributed by atoms with Crippen molar-refractivity contribution in [3.8, 4) is 5.00 Å². The van der Waals surface area contributed by atoms with Gasteiger partial charge in [0.1, 0.15) is 5.00 Å². The Kier molecular flexibility index (Phi) is 2.18. The quantitative estimate of drug-likeness (QED) is 0.738. The topological polar surface area (TPSA) is 17.8 Å². The summed E-state index contributed by atoms with van der Waals surface area (Å²) in [7, 11) is 0. The minimum absolute atomic E-state index is 1.18. The average Bonchev–Trinajstić information content (AvgIpc) is 2.64. The summed E-state index contributed by atoms with van der Waals surface area (Å²) in [5, 5.41) is 7.51. The Morgan fingerprint density at radius 1 is 1.58 bits per heavy atom. The smallest absolute Gasteiger partial charge is 0.117 e. The molecule has 0 aromatic carbocycles. The van der Waals surface area contributed by atoms with Gasteiger partial charge in [0, 0.05) is 0 Å². The molecular weight excluding hydrogens is 283 g/mol. The van der Waals surface area contributed by atoms with Crippen LogP contribution in [0.3, 0.4) is 0 Å². The van der Waals surface area contributed by atoms with Crippen LogP contribution in [0.5, 0.6) is 0 Å². The Labute approximate surface area is 88.4 Å². The van der Waals surface area contributed by atoms with E-state index in [2.05, 4.69) is 46.1 Å². The molecule has 12 heavy (non-hydrogen) atoms. The van der Waals surface area contributed by atoms with E-state index >= 15 is 0 Å². The van der Waals surface area contributed by atoms with Crippen molar-refractivity contribution in [2.24, 2.45) is 0 Å². The highest BCUT2D eigenvalue weighted by atomic mass is 127. The molecule has 0 aliphatic heterocycles. The van der Waals surface area contributed by atoms with Crippen LogP contribution in [0.15, 0.2) is 23.7 Å². The third kappa shape index (κ3) is 1.29. The Bertz CT molecular complexity index is 378. The first-order chi connectivity index (χ1) is 5.79. The van der Waals surface area contributed by atoms with Gasteiger partial charge >= 0.3 is 0 Å². The van der Waals surface area contributed by atoms with Gasteiger partial charge in [-0.1, -0.05) is 0 Å². The van der Waals surface area contributed by atoms with E-state index in [1.165, 1.54) is 14.3 Å². The fraction of sp³-hybridized carbons (Fsp3) is 0.125. The molecular formula is C8H7IN2S. The van der Waals surface area contributed by atoms with Crippen molar-refractivity contribution in [1.29, 1.82) is 0 Å². The number of nitrogens with zero attached hydrogens (tertiary/aromatic N) is 2. The highest BCUT2D eigenvalue weighted by molar-refractivity contribution is 14.1. The molecule has 4 heteroatoms. The van der Waals surface area contributed by atoms with Crippen molar-refractivity contribution in [3.63, 3.8) is 0 Å². The first-order valence-electron chi connectivity index (χ1n) is 3.53. The lowest BCUT2D eigenvalue weighted by atomic mass is 10.5. The number of hydrogen-bond donors (Lipinski definition) is 0. The van der Waals surface area contributed by atoms with Crippen LogP contribution in [0.1, 0.15) is 5.69 Å². The lowest BCUT2D eigenvalue weighted by molar-refractivity contribution is 0.862. The van der Waals surface area contributed by atoms with Crippen molar-refractivity contribution in [1.82, 2.24) is 9.78 Å². The molecule has 2 rings (SSSR count). The second kappa shape index (κ2) is 3.18. The largest absolute Gasteiger partial charge is 0.227 e. The number of hydrogen-bond acceptors (Lipinski definition) is 2. The summed E-state index contributed by atoms with van der Waals surface area (Å²) in [6.07, 6.45) is 1.88. The van der Waals surface area contributed by atoms with E-state index in [9.17, 15) is 0 Å². The van der Waals surface area contributed by atoms with E-state index in [1.54, 1.807) is 11.3 Å². The van der Waals surface area contributed by atoms with Crippen molar-refractivity contribution in [2.45, 2.75) is 6.92 Å². The van der Waals surface area contributed by atoms with Gasteiger partial charge in [0.25, 0.3) is 0 Å². The molecule has 0 radical (unpaired) electrons. The van der Waals surface area contributed by atoms with Gasteiger partial charge in [0.15, 0.2) is 0 Å². The van der Waals surface area contributed by atoms with E-state index in [-0.39, 0.29) is 0 Å². The number of halogens is 1. The summed E-state index contributed by atoms with van der Waals surface area (Å²) < 4.78 is 3.17. The van der Waals surface area contributed by atoms with E-state index < -0.39 is 0 Å². The van der Waals surface area contributed by atoms with Crippen LogP contribution < -0.4 is 0 Å². The van der Waals surface area contributed by atoms with Gasteiger partial charge in [-0.25, -0.2) is 4.68 Å². The van der Waals surface area contributed by atoms with Gasteiger partial charge in [-0.2, -0.15) is 5.10 Å². The van der Waals surface area contributed by atoms with E-state index in [1.807, 2.05) is 16.9 Å². The summed E-state index contributed by atoms with van der Waals surface area (Å²) >= 11 is 3.99. The Hall–Kier alpha value is -0.360. The van der Waals surface area contributed by atoms with Gasteiger partial charge < -0.3 is 0 Å². The highest BCUT2D eigenvalue weighted by Crippen LogP contribution is 2.19.